The van der Waals surface area contributed by atoms with Crippen LogP contribution < -0.4 is 4.74 Å². The maximum absolute atomic E-state index is 12.5. The van der Waals surface area contributed by atoms with Gasteiger partial charge in [0.15, 0.2) is 5.78 Å². The summed E-state index contributed by atoms with van der Waals surface area (Å²) in [6.45, 7) is 0.497. The SMILES string of the molecule is CSCC1COc2ccc(-c3ccccc3)cc2C1=O. The summed E-state index contributed by atoms with van der Waals surface area (Å²) in [6, 6.07) is 16.0. The Morgan fingerprint density at radius 2 is 1.95 bits per heavy atom. The number of carbonyl (C=O) groups excluding carboxylic acids is 1. The van der Waals surface area contributed by atoms with Gasteiger partial charge in [0.05, 0.1) is 18.1 Å². The second kappa shape index (κ2) is 5.71. The van der Waals surface area contributed by atoms with Gasteiger partial charge in [0.1, 0.15) is 5.75 Å². The molecule has 0 aromatic heterocycles. The quantitative estimate of drug-likeness (QED) is 0.855. The minimum atomic E-state index is -0.0245. The van der Waals surface area contributed by atoms with Crippen molar-refractivity contribution in [2.45, 2.75) is 0 Å². The van der Waals surface area contributed by atoms with Crippen molar-refractivity contribution in [3.05, 3.63) is 54.1 Å². The molecule has 0 fully saturated rings. The molecule has 102 valence electrons. The summed E-state index contributed by atoms with van der Waals surface area (Å²) >= 11 is 1.69. The number of thioether (sulfide) groups is 1. The Kier molecular flexibility index (Phi) is 3.79. The average molecular weight is 284 g/mol. The molecule has 1 aliphatic rings. The van der Waals surface area contributed by atoms with Gasteiger partial charge in [-0.25, -0.2) is 0 Å². The van der Waals surface area contributed by atoms with Crippen LogP contribution in [0.5, 0.6) is 5.75 Å². The molecule has 0 saturated carbocycles. The molecule has 0 aliphatic carbocycles. The number of carbonyl (C=O) groups is 1. The standard InChI is InChI=1S/C17H16O2S/c1-20-11-14-10-19-16-8-7-13(9-15(16)17(14)18)12-5-3-2-4-6-12/h2-9,14H,10-11H2,1H3. The van der Waals surface area contributed by atoms with Gasteiger partial charge in [-0.05, 0) is 29.5 Å². The number of rotatable bonds is 3. The van der Waals surface area contributed by atoms with Crippen LogP contribution in [0.15, 0.2) is 48.5 Å². The number of benzene rings is 2. The fourth-order valence-electron chi connectivity index (χ4n) is 2.47. The van der Waals surface area contributed by atoms with Gasteiger partial charge in [-0.3, -0.25) is 4.79 Å². The summed E-state index contributed by atoms with van der Waals surface area (Å²) in [5.74, 6) is 1.71. The van der Waals surface area contributed by atoms with Gasteiger partial charge in [-0.15, -0.1) is 0 Å². The van der Waals surface area contributed by atoms with Crippen molar-refractivity contribution in [3.8, 4) is 16.9 Å². The molecule has 3 rings (SSSR count). The van der Waals surface area contributed by atoms with Crippen molar-refractivity contribution in [1.82, 2.24) is 0 Å². The van der Waals surface area contributed by atoms with Crippen molar-refractivity contribution >= 4 is 17.5 Å². The van der Waals surface area contributed by atoms with Crippen LogP contribution in [0.4, 0.5) is 0 Å². The zero-order valence-corrected chi connectivity index (χ0v) is 12.2. The topological polar surface area (TPSA) is 26.3 Å². The molecule has 1 atom stereocenters. The summed E-state index contributed by atoms with van der Waals surface area (Å²) in [6.07, 6.45) is 2.02. The molecular formula is C17H16O2S. The lowest BCUT2D eigenvalue weighted by atomic mass is 9.93. The van der Waals surface area contributed by atoms with Crippen LogP contribution in [0, 0.1) is 5.92 Å². The highest BCUT2D eigenvalue weighted by atomic mass is 32.2. The van der Waals surface area contributed by atoms with Gasteiger partial charge in [0, 0.05) is 5.75 Å². The highest BCUT2D eigenvalue weighted by Gasteiger charge is 2.28. The van der Waals surface area contributed by atoms with E-state index in [4.69, 9.17) is 4.74 Å². The molecule has 3 heteroatoms. The number of ether oxygens (including phenoxy) is 1. The summed E-state index contributed by atoms with van der Waals surface area (Å²) in [5, 5.41) is 0. The molecular weight excluding hydrogens is 268 g/mol. The third kappa shape index (κ3) is 2.46. The van der Waals surface area contributed by atoms with Gasteiger partial charge in [-0.2, -0.15) is 11.8 Å². The third-order valence-electron chi connectivity index (χ3n) is 3.53. The highest BCUT2D eigenvalue weighted by Crippen LogP contribution is 2.32. The summed E-state index contributed by atoms with van der Waals surface area (Å²) in [7, 11) is 0. The number of hydrogen-bond donors (Lipinski definition) is 0. The van der Waals surface area contributed by atoms with Gasteiger partial charge in [-0.1, -0.05) is 36.4 Å². The van der Waals surface area contributed by atoms with Gasteiger partial charge < -0.3 is 4.74 Å². The second-order valence-electron chi connectivity index (χ2n) is 4.90. The second-order valence-corrected chi connectivity index (χ2v) is 5.82. The molecule has 1 heterocycles. The first kappa shape index (κ1) is 13.3. The lowest BCUT2D eigenvalue weighted by Crippen LogP contribution is -2.29. The maximum Gasteiger partial charge on any atom is 0.173 e. The Morgan fingerprint density at radius 1 is 1.15 bits per heavy atom. The Morgan fingerprint density at radius 3 is 2.70 bits per heavy atom. The van der Waals surface area contributed by atoms with Crippen LogP contribution in [0.1, 0.15) is 10.4 Å². The van der Waals surface area contributed by atoms with Crippen molar-refractivity contribution in [1.29, 1.82) is 0 Å². The van der Waals surface area contributed by atoms with Gasteiger partial charge in [0.2, 0.25) is 0 Å². The molecule has 2 aromatic carbocycles. The van der Waals surface area contributed by atoms with E-state index in [2.05, 4.69) is 12.1 Å². The molecule has 0 saturated heterocycles. The molecule has 0 bridgehead atoms. The first-order valence-electron chi connectivity index (χ1n) is 6.65. The van der Waals surface area contributed by atoms with Crippen molar-refractivity contribution in [2.24, 2.45) is 5.92 Å². The monoisotopic (exact) mass is 284 g/mol. The Balaban J connectivity index is 1.98. The van der Waals surface area contributed by atoms with E-state index < -0.39 is 0 Å². The molecule has 0 radical (unpaired) electrons. The van der Waals surface area contributed by atoms with Crippen LogP contribution in [0.3, 0.4) is 0 Å². The lowest BCUT2D eigenvalue weighted by molar-refractivity contribution is 0.0853. The minimum absolute atomic E-state index is 0.0245. The van der Waals surface area contributed by atoms with Crippen LogP contribution in [0.25, 0.3) is 11.1 Å². The van der Waals surface area contributed by atoms with E-state index in [1.165, 1.54) is 0 Å². The summed E-state index contributed by atoms with van der Waals surface area (Å²) in [4.78, 5) is 12.5. The van der Waals surface area contributed by atoms with E-state index in [0.717, 1.165) is 22.4 Å². The Labute approximate surface area is 123 Å². The van der Waals surface area contributed by atoms with Crippen molar-refractivity contribution < 1.29 is 9.53 Å². The summed E-state index contributed by atoms with van der Waals surface area (Å²) in [5.41, 5.74) is 2.90. The van der Waals surface area contributed by atoms with E-state index in [9.17, 15) is 4.79 Å². The van der Waals surface area contributed by atoms with E-state index in [0.29, 0.717) is 12.4 Å². The largest absolute Gasteiger partial charge is 0.492 e. The highest BCUT2D eigenvalue weighted by molar-refractivity contribution is 7.98. The third-order valence-corrected chi connectivity index (χ3v) is 4.27. The summed E-state index contributed by atoms with van der Waals surface area (Å²) < 4.78 is 5.72. The number of hydrogen-bond acceptors (Lipinski definition) is 3. The molecule has 1 unspecified atom stereocenters. The first-order chi connectivity index (χ1) is 9.79. The number of fused-ring (bicyclic) bond motifs is 1. The van der Waals surface area contributed by atoms with E-state index in [1.54, 1.807) is 11.8 Å². The fourth-order valence-corrected chi connectivity index (χ4v) is 3.12. The number of ketones is 1. The van der Waals surface area contributed by atoms with Gasteiger partial charge >= 0.3 is 0 Å². The van der Waals surface area contributed by atoms with Crippen molar-refractivity contribution in [2.75, 3.05) is 18.6 Å². The van der Waals surface area contributed by atoms with E-state index >= 15 is 0 Å². The van der Waals surface area contributed by atoms with Gasteiger partial charge in [0.25, 0.3) is 0 Å². The molecule has 1 aliphatic heterocycles. The molecule has 2 aromatic rings. The zero-order valence-electron chi connectivity index (χ0n) is 11.3. The predicted octanol–water partition coefficient (Wildman–Crippen LogP) is 3.91. The average Bonchev–Trinajstić information content (AvgIpc) is 2.51. The minimum Gasteiger partial charge on any atom is -0.492 e. The first-order valence-corrected chi connectivity index (χ1v) is 8.04. The lowest BCUT2D eigenvalue weighted by Gasteiger charge is -2.24. The van der Waals surface area contributed by atoms with E-state index in [1.807, 2.05) is 42.7 Å². The maximum atomic E-state index is 12.5. The Bertz CT molecular complexity index is 622. The Hall–Kier alpha value is -1.74. The number of Topliss-reactive ketones (excluding diaryl/α,β-unsaturated/α-hetero) is 1. The predicted molar refractivity (Wildman–Crippen MR) is 83.6 cm³/mol. The molecule has 0 N–H and O–H groups in total. The zero-order chi connectivity index (χ0) is 13.9. The van der Waals surface area contributed by atoms with Crippen LogP contribution in [-0.4, -0.2) is 24.4 Å². The smallest absolute Gasteiger partial charge is 0.173 e. The normalized spacial score (nSPS) is 17.4. The van der Waals surface area contributed by atoms with Crippen molar-refractivity contribution in [3.63, 3.8) is 0 Å². The van der Waals surface area contributed by atoms with Crippen LogP contribution in [-0.2, 0) is 0 Å². The fraction of sp³-hybridized carbons (Fsp3) is 0.235. The van der Waals surface area contributed by atoms with Crippen LogP contribution in [0.2, 0.25) is 0 Å². The molecule has 20 heavy (non-hydrogen) atoms. The molecule has 0 spiro atoms. The molecule has 0 amide bonds. The van der Waals surface area contributed by atoms with E-state index in [-0.39, 0.29) is 11.7 Å². The molecule has 2 nitrogen and oxygen atoms in total. The van der Waals surface area contributed by atoms with Crippen LogP contribution >= 0.6 is 11.8 Å².